The van der Waals surface area contributed by atoms with Crippen molar-refractivity contribution in [1.29, 1.82) is 0 Å². The molecule has 1 saturated carbocycles. The molecule has 0 aliphatic heterocycles. The third-order valence-corrected chi connectivity index (χ3v) is 3.46. The van der Waals surface area contributed by atoms with Crippen LogP contribution in [0, 0.1) is 0 Å². The number of nitrogens with zero attached hydrogens (tertiary/aromatic N) is 1. The van der Waals surface area contributed by atoms with Gasteiger partial charge in [0.15, 0.2) is 5.89 Å². The summed E-state index contributed by atoms with van der Waals surface area (Å²) in [6.07, 6.45) is 6.17. The zero-order valence-corrected chi connectivity index (χ0v) is 9.25. The van der Waals surface area contributed by atoms with Crippen molar-refractivity contribution >= 4 is 0 Å². The minimum absolute atomic E-state index is 0.554. The van der Waals surface area contributed by atoms with E-state index in [2.05, 4.69) is 10.3 Å². The minimum atomic E-state index is 0.554. The van der Waals surface area contributed by atoms with Crippen LogP contribution in [0.3, 0.4) is 0 Å². The van der Waals surface area contributed by atoms with Gasteiger partial charge in [-0.05, 0) is 39.2 Å². The fraction of sp³-hybridized carbons (Fsp3) is 0.750. The Labute approximate surface area is 90.3 Å². The highest BCUT2D eigenvalue weighted by Crippen LogP contribution is 2.42. The second-order valence-corrected chi connectivity index (χ2v) is 4.78. The molecular weight excluding hydrogens is 188 g/mol. The van der Waals surface area contributed by atoms with Crippen molar-refractivity contribution in [2.75, 3.05) is 13.6 Å². The van der Waals surface area contributed by atoms with Crippen LogP contribution >= 0.6 is 0 Å². The number of aromatic nitrogens is 1. The predicted octanol–water partition coefficient (Wildman–Crippen LogP) is 2.19. The van der Waals surface area contributed by atoms with Crippen LogP contribution in [0.4, 0.5) is 0 Å². The third kappa shape index (κ3) is 1.69. The summed E-state index contributed by atoms with van der Waals surface area (Å²) in [5, 5.41) is 3.24. The zero-order valence-electron chi connectivity index (χ0n) is 9.25. The van der Waals surface area contributed by atoms with Gasteiger partial charge >= 0.3 is 0 Å². The van der Waals surface area contributed by atoms with E-state index in [9.17, 15) is 0 Å². The van der Waals surface area contributed by atoms with Crippen molar-refractivity contribution in [2.24, 2.45) is 0 Å². The number of fused-ring (bicyclic) bond motifs is 1. The fourth-order valence-electron chi connectivity index (χ4n) is 2.47. The molecule has 3 heteroatoms. The molecule has 0 radical (unpaired) electrons. The summed E-state index contributed by atoms with van der Waals surface area (Å²) in [7, 11) is 2.01. The number of aryl methyl sites for hydroxylation is 1. The summed E-state index contributed by atoms with van der Waals surface area (Å²) in [5.41, 5.74) is 1.24. The highest BCUT2D eigenvalue weighted by atomic mass is 16.4. The molecule has 0 saturated heterocycles. The molecule has 1 heterocycles. The molecule has 0 spiro atoms. The van der Waals surface area contributed by atoms with Gasteiger partial charge in [0, 0.05) is 18.4 Å². The Morgan fingerprint density at radius 2 is 2.27 bits per heavy atom. The molecule has 1 unspecified atom stereocenters. The first kappa shape index (κ1) is 9.40. The highest BCUT2D eigenvalue weighted by molar-refractivity contribution is 5.21. The molecule has 1 fully saturated rings. The van der Waals surface area contributed by atoms with Gasteiger partial charge in [0.2, 0.25) is 0 Å². The highest BCUT2D eigenvalue weighted by Gasteiger charge is 2.33. The van der Waals surface area contributed by atoms with Gasteiger partial charge in [-0.15, -0.1) is 0 Å². The van der Waals surface area contributed by atoms with Crippen LogP contribution in [-0.2, 0) is 6.42 Å². The van der Waals surface area contributed by atoms with E-state index in [1.165, 1.54) is 37.1 Å². The Bertz CT molecular complexity index is 355. The van der Waals surface area contributed by atoms with E-state index in [-0.39, 0.29) is 0 Å². The Morgan fingerprint density at radius 3 is 3.00 bits per heavy atom. The van der Waals surface area contributed by atoms with Gasteiger partial charge in [0.05, 0.1) is 5.69 Å². The Balaban J connectivity index is 1.88. The van der Waals surface area contributed by atoms with Gasteiger partial charge < -0.3 is 9.73 Å². The quantitative estimate of drug-likeness (QED) is 0.823. The second kappa shape index (κ2) is 3.63. The van der Waals surface area contributed by atoms with Gasteiger partial charge in [0.25, 0.3) is 0 Å². The first-order valence-electron chi connectivity index (χ1n) is 6.02. The molecule has 82 valence electrons. The molecule has 2 aliphatic rings. The van der Waals surface area contributed by atoms with Crippen LogP contribution in [0.2, 0.25) is 0 Å². The number of hydrogen-bond donors (Lipinski definition) is 1. The van der Waals surface area contributed by atoms with Crippen LogP contribution < -0.4 is 5.32 Å². The number of nitrogens with one attached hydrogen (secondary N) is 1. The maximum absolute atomic E-state index is 5.94. The summed E-state index contributed by atoms with van der Waals surface area (Å²) in [4.78, 5) is 4.65. The maximum atomic E-state index is 5.94. The molecule has 1 N–H and O–H groups in total. The Morgan fingerprint density at radius 1 is 1.40 bits per heavy atom. The fourth-order valence-corrected chi connectivity index (χ4v) is 2.47. The van der Waals surface area contributed by atoms with Gasteiger partial charge in [-0.3, -0.25) is 0 Å². The summed E-state index contributed by atoms with van der Waals surface area (Å²) in [5.74, 6) is 3.39. The molecule has 1 aromatic rings. The van der Waals surface area contributed by atoms with Crippen molar-refractivity contribution in [3.63, 3.8) is 0 Å². The van der Waals surface area contributed by atoms with Crippen molar-refractivity contribution in [1.82, 2.24) is 10.3 Å². The van der Waals surface area contributed by atoms with Gasteiger partial charge in [0.1, 0.15) is 5.76 Å². The standard InChI is InChI=1S/C12H18N2O/c1-13-7-9-3-2-4-10-11(9)15-12(14-10)8-5-6-8/h8-9,13H,2-7H2,1H3. The molecule has 0 bridgehead atoms. The molecule has 1 aromatic heterocycles. The maximum Gasteiger partial charge on any atom is 0.197 e. The van der Waals surface area contributed by atoms with E-state index in [0.717, 1.165) is 18.9 Å². The largest absolute Gasteiger partial charge is 0.445 e. The first-order chi connectivity index (χ1) is 7.38. The van der Waals surface area contributed by atoms with Crippen LogP contribution in [0.5, 0.6) is 0 Å². The first-order valence-corrected chi connectivity index (χ1v) is 6.02. The van der Waals surface area contributed by atoms with Gasteiger partial charge in [-0.1, -0.05) is 0 Å². The summed E-state index contributed by atoms with van der Waals surface area (Å²) >= 11 is 0. The Hall–Kier alpha value is -0.830. The lowest BCUT2D eigenvalue weighted by Crippen LogP contribution is -2.20. The molecule has 15 heavy (non-hydrogen) atoms. The molecule has 0 amide bonds. The van der Waals surface area contributed by atoms with E-state index < -0.39 is 0 Å². The topological polar surface area (TPSA) is 38.1 Å². The van der Waals surface area contributed by atoms with Crippen molar-refractivity contribution < 1.29 is 4.42 Å². The number of hydrogen-bond acceptors (Lipinski definition) is 3. The number of oxazole rings is 1. The number of rotatable bonds is 3. The molecule has 2 aliphatic carbocycles. The SMILES string of the molecule is CNCC1CCCc2nc(C3CC3)oc21. The van der Waals surface area contributed by atoms with Crippen LogP contribution in [0.1, 0.15) is 54.9 Å². The zero-order chi connectivity index (χ0) is 10.3. The monoisotopic (exact) mass is 206 g/mol. The van der Waals surface area contributed by atoms with E-state index >= 15 is 0 Å². The van der Waals surface area contributed by atoms with Crippen LogP contribution in [-0.4, -0.2) is 18.6 Å². The van der Waals surface area contributed by atoms with E-state index in [1.807, 2.05) is 7.05 Å². The van der Waals surface area contributed by atoms with E-state index in [1.54, 1.807) is 0 Å². The van der Waals surface area contributed by atoms with Crippen molar-refractivity contribution in [2.45, 2.75) is 43.9 Å². The van der Waals surface area contributed by atoms with Crippen molar-refractivity contribution in [3.05, 3.63) is 17.3 Å². The lowest BCUT2D eigenvalue weighted by molar-refractivity contribution is 0.388. The Kier molecular flexibility index (Phi) is 2.28. The average molecular weight is 206 g/mol. The normalized spacial score (nSPS) is 25.3. The lowest BCUT2D eigenvalue weighted by atomic mass is 9.91. The third-order valence-electron chi connectivity index (χ3n) is 3.46. The van der Waals surface area contributed by atoms with Gasteiger partial charge in [-0.25, -0.2) is 4.98 Å². The van der Waals surface area contributed by atoms with E-state index in [0.29, 0.717) is 11.8 Å². The lowest BCUT2D eigenvalue weighted by Gasteiger charge is -2.19. The molecule has 3 nitrogen and oxygen atoms in total. The van der Waals surface area contributed by atoms with E-state index in [4.69, 9.17) is 4.42 Å². The molecule has 1 atom stereocenters. The van der Waals surface area contributed by atoms with Crippen molar-refractivity contribution in [3.8, 4) is 0 Å². The van der Waals surface area contributed by atoms with Crippen LogP contribution in [0.25, 0.3) is 0 Å². The van der Waals surface area contributed by atoms with Crippen LogP contribution in [0.15, 0.2) is 4.42 Å². The van der Waals surface area contributed by atoms with Gasteiger partial charge in [-0.2, -0.15) is 0 Å². The molecule has 0 aromatic carbocycles. The molecule has 3 rings (SSSR count). The minimum Gasteiger partial charge on any atom is -0.445 e. The smallest absolute Gasteiger partial charge is 0.197 e. The average Bonchev–Trinajstić information content (AvgIpc) is 2.99. The second-order valence-electron chi connectivity index (χ2n) is 4.78. The summed E-state index contributed by atoms with van der Waals surface area (Å²) < 4.78 is 5.94. The summed E-state index contributed by atoms with van der Waals surface area (Å²) in [6, 6.07) is 0. The number of likely N-dealkylation sites (N-methyl/N-ethyl adjacent to an activating group) is 1. The predicted molar refractivity (Wildman–Crippen MR) is 58.1 cm³/mol. The molecular formula is C12H18N2O. The summed E-state index contributed by atoms with van der Waals surface area (Å²) in [6.45, 7) is 1.02.